The molecule has 0 spiro atoms. The first-order valence-electron chi connectivity index (χ1n) is 8.53. The number of rotatable bonds is 2. The molecule has 1 atom stereocenters. The van der Waals surface area contributed by atoms with Crippen molar-refractivity contribution in [3.63, 3.8) is 0 Å². The maximum Gasteiger partial charge on any atom is 0.180 e. The van der Waals surface area contributed by atoms with Crippen LogP contribution in [-0.2, 0) is 0 Å². The number of hydrogen-bond acceptors (Lipinski definition) is 3. The summed E-state index contributed by atoms with van der Waals surface area (Å²) in [5, 5.41) is 0. The second-order valence-corrected chi connectivity index (χ2v) is 6.41. The Hall–Kier alpha value is -3.52. The molecule has 132 valence electrons. The second kappa shape index (κ2) is 6.33. The summed E-state index contributed by atoms with van der Waals surface area (Å²) in [5.41, 5.74) is 4.08. The summed E-state index contributed by atoms with van der Waals surface area (Å²) in [4.78, 5) is 21.1. The molecule has 0 radical (unpaired) electrons. The molecule has 0 aliphatic carbocycles. The van der Waals surface area contributed by atoms with Crippen LogP contribution in [0.25, 0.3) is 5.69 Å². The van der Waals surface area contributed by atoms with E-state index in [9.17, 15) is 9.18 Å². The average molecular weight is 357 g/mol. The normalized spacial score (nSPS) is 15.2. The van der Waals surface area contributed by atoms with Gasteiger partial charge in [0.05, 0.1) is 23.1 Å². The van der Waals surface area contributed by atoms with Crippen molar-refractivity contribution < 1.29 is 9.18 Å². The molecule has 4 nitrogen and oxygen atoms in total. The van der Waals surface area contributed by atoms with Gasteiger partial charge in [-0.25, -0.2) is 9.37 Å². The molecule has 0 fully saturated rings. The standard InChI is InChI=1S/C22H16FN3O/c1-4-15-9-10-19-17(11-15)21(16-7-5-6-8-18(16)23)25-13(2)22-20(14(3)27)24-12-26(19)22/h1,5-13H,2-3H3/t13-/m0/s1. The summed E-state index contributed by atoms with van der Waals surface area (Å²) in [7, 11) is 0. The van der Waals surface area contributed by atoms with Crippen molar-refractivity contribution in [2.75, 3.05) is 0 Å². The molecule has 0 N–H and O–H groups in total. The number of aromatic nitrogens is 2. The van der Waals surface area contributed by atoms with Crippen molar-refractivity contribution in [3.05, 3.63) is 82.7 Å². The van der Waals surface area contributed by atoms with Crippen molar-refractivity contribution in [3.8, 4) is 18.0 Å². The number of fused-ring (bicyclic) bond motifs is 3. The largest absolute Gasteiger partial charge is 0.300 e. The fourth-order valence-corrected chi connectivity index (χ4v) is 3.44. The van der Waals surface area contributed by atoms with Gasteiger partial charge in [0, 0.05) is 23.6 Å². The van der Waals surface area contributed by atoms with E-state index in [4.69, 9.17) is 11.4 Å². The van der Waals surface area contributed by atoms with E-state index in [1.165, 1.54) is 13.0 Å². The smallest absolute Gasteiger partial charge is 0.180 e. The molecular formula is C22H16FN3O. The number of Topliss-reactive ketones (excluding diaryl/α,β-unsaturated/α-hetero) is 1. The Balaban J connectivity index is 2.08. The number of nitrogens with zero attached hydrogens (tertiary/aromatic N) is 3. The second-order valence-electron chi connectivity index (χ2n) is 6.41. The van der Waals surface area contributed by atoms with E-state index in [1.807, 2.05) is 29.7 Å². The van der Waals surface area contributed by atoms with Gasteiger partial charge in [0.25, 0.3) is 0 Å². The molecule has 0 saturated carbocycles. The molecule has 2 heterocycles. The Morgan fingerprint density at radius 3 is 2.70 bits per heavy atom. The zero-order chi connectivity index (χ0) is 19.1. The highest BCUT2D eigenvalue weighted by Crippen LogP contribution is 2.33. The first-order valence-corrected chi connectivity index (χ1v) is 8.53. The number of halogens is 1. The number of imidazole rings is 1. The molecule has 3 aromatic rings. The Morgan fingerprint density at radius 1 is 1.22 bits per heavy atom. The van der Waals surface area contributed by atoms with Crippen LogP contribution in [0.3, 0.4) is 0 Å². The molecule has 0 bridgehead atoms. The summed E-state index contributed by atoms with van der Waals surface area (Å²) in [6, 6.07) is 11.6. The summed E-state index contributed by atoms with van der Waals surface area (Å²) >= 11 is 0. The number of hydrogen-bond donors (Lipinski definition) is 0. The van der Waals surface area contributed by atoms with Crippen LogP contribution in [0.15, 0.2) is 53.8 Å². The molecule has 5 heteroatoms. The van der Waals surface area contributed by atoms with Crippen LogP contribution in [0.2, 0.25) is 0 Å². The molecule has 1 aromatic heterocycles. The Bertz CT molecular complexity index is 1150. The van der Waals surface area contributed by atoms with Gasteiger partial charge in [-0.15, -0.1) is 6.42 Å². The lowest BCUT2D eigenvalue weighted by Crippen LogP contribution is -2.09. The zero-order valence-electron chi connectivity index (χ0n) is 14.9. The van der Waals surface area contributed by atoms with Crippen LogP contribution >= 0.6 is 0 Å². The van der Waals surface area contributed by atoms with Crippen LogP contribution in [-0.4, -0.2) is 21.0 Å². The fourth-order valence-electron chi connectivity index (χ4n) is 3.44. The number of terminal acetylenes is 1. The molecule has 0 amide bonds. The van der Waals surface area contributed by atoms with Crippen LogP contribution in [0, 0.1) is 18.2 Å². The van der Waals surface area contributed by atoms with Gasteiger partial charge in [0.2, 0.25) is 0 Å². The van der Waals surface area contributed by atoms with E-state index in [2.05, 4.69) is 10.9 Å². The third-order valence-corrected chi connectivity index (χ3v) is 4.66. The van der Waals surface area contributed by atoms with Crippen molar-refractivity contribution in [1.82, 2.24) is 9.55 Å². The monoisotopic (exact) mass is 357 g/mol. The Morgan fingerprint density at radius 2 is 2.00 bits per heavy atom. The van der Waals surface area contributed by atoms with Crippen LogP contribution in [0.4, 0.5) is 4.39 Å². The lowest BCUT2D eigenvalue weighted by atomic mass is 9.98. The number of aliphatic imine (C=N–C) groups is 1. The molecular weight excluding hydrogens is 341 g/mol. The summed E-state index contributed by atoms with van der Waals surface area (Å²) < 4.78 is 16.4. The number of benzene rings is 2. The van der Waals surface area contributed by atoms with Gasteiger partial charge >= 0.3 is 0 Å². The first kappa shape index (κ1) is 16.9. The Labute approximate surface area is 156 Å². The van der Waals surface area contributed by atoms with Gasteiger partial charge in [0.15, 0.2) is 5.78 Å². The first-order chi connectivity index (χ1) is 13.0. The van der Waals surface area contributed by atoms with E-state index < -0.39 is 0 Å². The molecule has 2 aromatic carbocycles. The molecule has 1 aliphatic heterocycles. The van der Waals surface area contributed by atoms with Crippen LogP contribution in [0.5, 0.6) is 0 Å². The minimum absolute atomic E-state index is 0.137. The van der Waals surface area contributed by atoms with E-state index in [0.717, 1.165) is 5.69 Å². The molecule has 1 aliphatic rings. The third kappa shape index (κ3) is 2.67. The highest BCUT2D eigenvalue weighted by atomic mass is 19.1. The highest BCUT2D eigenvalue weighted by Gasteiger charge is 2.28. The maximum atomic E-state index is 14.6. The van der Waals surface area contributed by atoms with Gasteiger partial charge in [-0.2, -0.15) is 0 Å². The van der Waals surface area contributed by atoms with E-state index in [1.54, 1.807) is 24.5 Å². The zero-order valence-corrected chi connectivity index (χ0v) is 14.9. The maximum absolute atomic E-state index is 14.6. The van der Waals surface area contributed by atoms with Crippen LogP contribution < -0.4 is 0 Å². The van der Waals surface area contributed by atoms with Crippen molar-refractivity contribution in [2.24, 2.45) is 4.99 Å². The average Bonchev–Trinajstić information content (AvgIpc) is 3.07. The van der Waals surface area contributed by atoms with E-state index in [-0.39, 0.29) is 17.6 Å². The minimum Gasteiger partial charge on any atom is -0.300 e. The van der Waals surface area contributed by atoms with E-state index >= 15 is 0 Å². The van der Waals surface area contributed by atoms with Gasteiger partial charge in [-0.05, 0) is 37.3 Å². The van der Waals surface area contributed by atoms with Gasteiger partial charge < -0.3 is 0 Å². The lowest BCUT2D eigenvalue weighted by molar-refractivity contribution is 0.101. The number of ketones is 1. The number of carbonyl (C=O) groups is 1. The predicted octanol–water partition coefficient (Wildman–Crippen LogP) is 4.11. The highest BCUT2D eigenvalue weighted by molar-refractivity contribution is 6.15. The minimum atomic E-state index is -0.386. The van der Waals surface area contributed by atoms with Gasteiger partial charge in [-0.3, -0.25) is 14.4 Å². The fraction of sp³-hybridized carbons (Fsp3) is 0.136. The quantitative estimate of drug-likeness (QED) is 0.512. The molecule has 4 rings (SSSR count). The number of carbonyl (C=O) groups excluding carboxylic acids is 1. The molecule has 27 heavy (non-hydrogen) atoms. The summed E-state index contributed by atoms with van der Waals surface area (Å²) in [6.07, 6.45) is 7.18. The van der Waals surface area contributed by atoms with Crippen LogP contribution in [0.1, 0.15) is 52.8 Å². The molecule has 0 saturated heterocycles. The van der Waals surface area contributed by atoms with Crippen molar-refractivity contribution in [1.29, 1.82) is 0 Å². The summed E-state index contributed by atoms with van der Waals surface area (Å²) in [5.74, 6) is 2.11. The molecule has 0 unspecified atom stereocenters. The SMILES string of the molecule is C#Cc1ccc2c(c1)C(c1ccccc1F)=N[C@@H](C)c1c(C(C)=O)ncn1-2. The third-order valence-electron chi connectivity index (χ3n) is 4.66. The van der Waals surface area contributed by atoms with Gasteiger partial charge in [0.1, 0.15) is 17.8 Å². The van der Waals surface area contributed by atoms with Crippen molar-refractivity contribution in [2.45, 2.75) is 19.9 Å². The topological polar surface area (TPSA) is 47.2 Å². The van der Waals surface area contributed by atoms with E-state index in [0.29, 0.717) is 33.8 Å². The predicted molar refractivity (Wildman–Crippen MR) is 102 cm³/mol. The summed E-state index contributed by atoms with van der Waals surface area (Å²) in [6.45, 7) is 3.35. The Kier molecular flexibility index (Phi) is 3.97. The van der Waals surface area contributed by atoms with Gasteiger partial charge in [-0.1, -0.05) is 18.1 Å². The van der Waals surface area contributed by atoms with Crippen molar-refractivity contribution >= 4 is 11.5 Å². The lowest BCUT2D eigenvalue weighted by Gasteiger charge is -2.13.